The van der Waals surface area contributed by atoms with Gasteiger partial charge in [0.15, 0.2) is 0 Å². The third kappa shape index (κ3) is 1.90. The van der Waals surface area contributed by atoms with Crippen LogP contribution in [0.4, 0.5) is 0 Å². The van der Waals surface area contributed by atoms with Gasteiger partial charge in [0.1, 0.15) is 11.4 Å². The van der Waals surface area contributed by atoms with Crippen LogP contribution in [0, 0.1) is 5.92 Å². The summed E-state index contributed by atoms with van der Waals surface area (Å²) >= 11 is 0. The summed E-state index contributed by atoms with van der Waals surface area (Å²) in [5.74, 6) is 0.889. The van der Waals surface area contributed by atoms with Gasteiger partial charge < -0.3 is 9.47 Å². The second-order valence-electron chi connectivity index (χ2n) is 4.55. The zero-order chi connectivity index (χ0) is 12.5. The average molecular weight is 234 g/mol. The van der Waals surface area contributed by atoms with Crippen molar-refractivity contribution in [2.75, 3.05) is 7.11 Å². The fourth-order valence-electron chi connectivity index (χ4n) is 2.61. The second-order valence-corrected chi connectivity index (χ2v) is 4.55. The predicted molar refractivity (Wildman–Crippen MR) is 64.8 cm³/mol. The van der Waals surface area contributed by atoms with E-state index in [1.54, 1.807) is 7.11 Å². The van der Waals surface area contributed by atoms with E-state index in [0.29, 0.717) is 6.42 Å². The number of esters is 1. The van der Waals surface area contributed by atoms with Gasteiger partial charge in [0, 0.05) is 5.92 Å². The zero-order valence-electron chi connectivity index (χ0n) is 10.5. The van der Waals surface area contributed by atoms with E-state index in [4.69, 9.17) is 9.47 Å². The largest absolute Gasteiger partial charge is 0.497 e. The van der Waals surface area contributed by atoms with Crippen molar-refractivity contribution in [1.29, 1.82) is 0 Å². The molecule has 1 heterocycles. The summed E-state index contributed by atoms with van der Waals surface area (Å²) in [5, 5.41) is 0. The fourth-order valence-corrected chi connectivity index (χ4v) is 2.61. The summed E-state index contributed by atoms with van der Waals surface area (Å²) in [6.07, 6.45) is 1.28. The second kappa shape index (κ2) is 4.40. The Kier molecular flexibility index (Phi) is 3.09. The minimum Gasteiger partial charge on any atom is -0.497 e. The first-order valence-electron chi connectivity index (χ1n) is 5.98. The number of cyclic esters (lactones) is 1. The molecule has 2 rings (SSSR count). The Morgan fingerprint density at radius 1 is 1.53 bits per heavy atom. The van der Waals surface area contributed by atoms with Crippen molar-refractivity contribution in [2.24, 2.45) is 5.92 Å². The average Bonchev–Trinajstić information content (AvgIpc) is 2.65. The molecule has 0 amide bonds. The lowest BCUT2D eigenvalue weighted by molar-refractivity contribution is -0.150. The third-order valence-electron chi connectivity index (χ3n) is 3.65. The molecule has 3 heteroatoms. The normalized spacial score (nSPS) is 27.9. The summed E-state index contributed by atoms with van der Waals surface area (Å²) in [6, 6.07) is 7.79. The molecule has 1 aromatic rings. The van der Waals surface area contributed by atoms with Crippen LogP contribution in [0.25, 0.3) is 0 Å². The first-order chi connectivity index (χ1) is 8.12. The van der Waals surface area contributed by atoms with Crippen LogP contribution in [-0.2, 0) is 15.1 Å². The van der Waals surface area contributed by atoms with E-state index >= 15 is 0 Å². The Morgan fingerprint density at radius 2 is 2.29 bits per heavy atom. The fraction of sp³-hybridized carbons (Fsp3) is 0.500. The maximum Gasteiger partial charge on any atom is 0.307 e. The predicted octanol–water partition coefficient (Wildman–Crippen LogP) is 2.88. The molecule has 0 spiro atoms. The van der Waals surface area contributed by atoms with E-state index in [0.717, 1.165) is 17.7 Å². The number of rotatable bonds is 3. The molecule has 1 fully saturated rings. The molecule has 92 valence electrons. The molecule has 0 bridgehead atoms. The van der Waals surface area contributed by atoms with Crippen LogP contribution >= 0.6 is 0 Å². The topological polar surface area (TPSA) is 35.5 Å². The SMILES string of the molecule is CCC1(c2cccc(OC)c2)OC(=O)CC1C. The molecule has 3 nitrogen and oxygen atoms in total. The van der Waals surface area contributed by atoms with Crippen molar-refractivity contribution in [3.05, 3.63) is 29.8 Å². The molecule has 17 heavy (non-hydrogen) atoms. The smallest absolute Gasteiger partial charge is 0.307 e. The Bertz CT molecular complexity index is 427. The zero-order valence-corrected chi connectivity index (χ0v) is 10.5. The molecule has 1 aliphatic heterocycles. The number of hydrogen-bond donors (Lipinski definition) is 0. The lowest BCUT2D eigenvalue weighted by atomic mass is 9.80. The number of benzene rings is 1. The van der Waals surface area contributed by atoms with Gasteiger partial charge in [-0.15, -0.1) is 0 Å². The molecule has 1 aliphatic rings. The number of hydrogen-bond acceptors (Lipinski definition) is 3. The minimum atomic E-state index is -0.481. The van der Waals surface area contributed by atoms with E-state index < -0.39 is 5.60 Å². The van der Waals surface area contributed by atoms with Crippen LogP contribution in [0.3, 0.4) is 0 Å². The van der Waals surface area contributed by atoms with Gasteiger partial charge in [-0.05, 0) is 24.1 Å². The van der Waals surface area contributed by atoms with Gasteiger partial charge in [0.2, 0.25) is 0 Å². The molecular formula is C14H18O3. The highest BCUT2D eigenvalue weighted by molar-refractivity contribution is 5.73. The molecule has 2 unspecified atom stereocenters. The lowest BCUT2D eigenvalue weighted by Crippen LogP contribution is -2.30. The van der Waals surface area contributed by atoms with Crippen molar-refractivity contribution in [2.45, 2.75) is 32.3 Å². The molecule has 2 atom stereocenters. The number of carbonyl (C=O) groups excluding carboxylic acids is 1. The summed E-state index contributed by atoms with van der Waals surface area (Å²) in [6.45, 7) is 4.11. The van der Waals surface area contributed by atoms with Crippen molar-refractivity contribution < 1.29 is 14.3 Å². The van der Waals surface area contributed by atoms with Gasteiger partial charge in [-0.1, -0.05) is 26.0 Å². The Balaban J connectivity index is 2.44. The Morgan fingerprint density at radius 3 is 2.82 bits per heavy atom. The van der Waals surface area contributed by atoms with Gasteiger partial charge in [0.25, 0.3) is 0 Å². The highest BCUT2D eigenvalue weighted by Gasteiger charge is 2.46. The number of ether oxygens (including phenoxy) is 2. The highest BCUT2D eigenvalue weighted by atomic mass is 16.6. The van der Waals surface area contributed by atoms with E-state index in [-0.39, 0.29) is 11.9 Å². The first kappa shape index (κ1) is 12.0. The molecule has 0 N–H and O–H groups in total. The van der Waals surface area contributed by atoms with E-state index in [9.17, 15) is 4.79 Å². The van der Waals surface area contributed by atoms with E-state index in [1.165, 1.54) is 0 Å². The lowest BCUT2D eigenvalue weighted by Gasteiger charge is -2.31. The van der Waals surface area contributed by atoms with Crippen LogP contribution in [0.2, 0.25) is 0 Å². The molecule has 0 saturated carbocycles. The number of carbonyl (C=O) groups is 1. The number of methoxy groups -OCH3 is 1. The maximum atomic E-state index is 11.5. The summed E-state index contributed by atoms with van der Waals surface area (Å²) in [7, 11) is 1.64. The van der Waals surface area contributed by atoms with Gasteiger partial charge in [0.05, 0.1) is 13.5 Å². The Labute approximate surface area is 102 Å². The van der Waals surface area contributed by atoms with Crippen molar-refractivity contribution in [1.82, 2.24) is 0 Å². The summed E-state index contributed by atoms with van der Waals surface area (Å²) in [5.41, 5.74) is 0.545. The molecular weight excluding hydrogens is 216 g/mol. The van der Waals surface area contributed by atoms with Crippen LogP contribution in [0.15, 0.2) is 24.3 Å². The first-order valence-corrected chi connectivity index (χ1v) is 5.98. The highest BCUT2D eigenvalue weighted by Crippen LogP contribution is 2.44. The summed E-state index contributed by atoms with van der Waals surface area (Å²) < 4.78 is 10.8. The quantitative estimate of drug-likeness (QED) is 0.754. The van der Waals surface area contributed by atoms with Crippen molar-refractivity contribution in [3.8, 4) is 5.75 Å². The van der Waals surface area contributed by atoms with Gasteiger partial charge in [-0.25, -0.2) is 0 Å². The molecule has 0 aromatic heterocycles. The molecule has 0 radical (unpaired) electrons. The Hall–Kier alpha value is -1.51. The maximum absolute atomic E-state index is 11.5. The van der Waals surface area contributed by atoms with Crippen LogP contribution in [0.5, 0.6) is 5.75 Å². The van der Waals surface area contributed by atoms with Crippen LogP contribution in [-0.4, -0.2) is 13.1 Å². The monoisotopic (exact) mass is 234 g/mol. The van der Waals surface area contributed by atoms with E-state index in [2.05, 4.69) is 13.8 Å². The summed E-state index contributed by atoms with van der Waals surface area (Å²) in [4.78, 5) is 11.5. The van der Waals surface area contributed by atoms with Crippen LogP contribution in [0.1, 0.15) is 32.3 Å². The van der Waals surface area contributed by atoms with Gasteiger partial charge in [-0.3, -0.25) is 4.79 Å². The minimum absolute atomic E-state index is 0.109. The van der Waals surface area contributed by atoms with Gasteiger partial charge >= 0.3 is 5.97 Å². The molecule has 1 saturated heterocycles. The van der Waals surface area contributed by atoms with Crippen molar-refractivity contribution >= 4 is 5.97 Å². The van der Waals surface area contributed by atoms with E-state index in [1.807, 2.05) is 24.3 Å². The van der Waals surface area contributed by atoms with Crippen molar-refractivity contribution in [3.63, 3.8) is 0 Å². The standard InChI is InChI=1S/C14H18O3/c1-4-14(10(2)8-13(15)17-14)11-6-5-7-12(9-11)16-3/h5-7,9-10H,4,8H2,1-3H3. The molecule has 0 aliphatic carbocycles. The van der Waals surface area contributed by atoms with Gasteiger partial charge in [-0.2, -0.15) is 0 Å². The molecule has 1 aromatic carbocycles. The third-order valence-corrected chi connectivity index (χ3v) is 3.65. The van der Waals surface area contributed by atoms with Crippen LogP contribution < -0.4 is 4.74 Å².